The van der Waals surface area contributed by atoms with E-state index in [-0.39, 0.29) is 18.0 Å². The van der Waals surface area contributed by atoms with Crippen molar-refractivity contribution in [2.24, 2.45) is 0 Å². The minimum Gasteiger partial charge on any atom is -0.391 e. The van der Waals surface area contributed by atoms with Crippen molar-refractivity contribution in [1.82, 2.24) is 20.1 Å². The van der Waals surface area contributed by atoms with Gasteiger partial charge in [-0.2, -0.15) is 5.10 Å². The summed E-state index contributed by atoms with van der Waals surface area (Å²) in [5, 5.41) is 17.2. The van der Waals surface area contributed by atoms with E-state index in [1.807, 2.05) is 18.3 Å². The minimum absolute atomic E-state index is 0.102. The number of nitrogens with zero attached hydrogens (tertiary/aromatic N) is 3. The molecule has 2 aromatic heterocycles. The third-order valence-corrected chi connectivity index (χ3v) is 4.50. The molecule has 2 N–H and O–H groups in total. The third kappa shape index (κ3) is 2.29. The summed E-state index contributed by atoms with van der Waals surface area (Å²) < 4.78 is 1.71. The van der Waals surface area contributed by atoms with Crippen molar-refractivity contribution in [3.63, 3.8) is 0 Å². The van der Waals surface area contributed by atoms with Crippen LogP contribution in [0, 0.1) is 0 Å². The third-order valence-electron chi connectivity index (χ3n) is 4.50. The Hall–Kier alpha value is -2.21. The molecule has 0 bridgehead atoms. The predicted molar refractivity (Wildman–Crippen MR) is 79.4 cm³/mol. The predicted octanol–water partition coefficient (Wildman–Crippen LogP) is 1.26. The molecule has 4 rings (SSSR count). The van der Waals surface area contributed by atoms with Crippen molar-refractivity contribution in [2.45, 2.75) is 43.4 Å². The fourth-order valence-corrected chi connectivity index (χ4v) is 3.11. The second kappa shape index (κ2) is 5.21. The van der Waals surface area contributed by atoms with Crippen LogP contribution in [0.1, 0.15) is 47.3 Å². The highest BCUT2D eigenvalue weighted by Crippen LogP contribution is 2.40. The summed E-state index contributed by atoms with van der Waals surface area (Å²) in [6.07, 6.45) is 7.52. The molecule has 2 aliphatic rings. The van der Waals surface area contributed by atoms with E-state index in [0.717, 1.165) is 18.5 Å². The Morgan fingerprint density at radius 2 is 2.18 bits per heavy atom. The van der Waals surface area contributed by atoms with Crippen LogP contribution in [-0.2, 0) is 0 Å². The molecule has 2 aromatic rings. The Morgan fingerprint density at radius 3 is 2.86 bits per heavy atom. The molecule has 3 atom stereocenters. The van der Waals surface area contributed by atoms with Gasteiger partial charge in [-0.05, 0) is 37.5 Å². The van der Waals surface area contributed by atoms with E-state index in [2.05, 4.69) is 15.4 Å². The Bertz CT molecular complexity index is 681. The van der Waals surface area contributed by atoms with Gasteiger partial charge in [-0.25, -0.2) is 0 Å². The molecule has 2 fully saturated rings. The van der Waals surface area contributed by atoms with E-state index in [4.69, 9.17) is 0 Å². The number of hydrogen-bond acceptors (Lipinski definition) is 4. The summed E-state index contributed by atoms with van der Waals surface area (Å²) >= 11 is 0. The van der Waals surface area contributed by atoms with Crippen LogP contribution in [0.2, 0.25) is 0 Å². The minimum atomic E-state index is -0.470. The lowest BCUT2D eigenvalue weighted by Gasteiger charge is -2.41. The average Bonchev–Trinajstić information content (AvgIpc) is 3.24. The SMILES string of the molecule is O=C(N[C@H]1C[C@@H](O)[C@@H]1n1cccn1)c1cccnc1C1CC1. The molecule has 2 aliphatic carbocycles. The van der Waals surface area contributed by atoms with Gasteiger partial charge in [0.15, 0.2) is 0 Å². The quantitative estimate of drug-likeness (QED) is 0.890. The topological polar surface area (TPSA) is 80.0 Å². The second-order valence-corrected chi connectivity index (χ2v) is 6.07. The number of pyridine rings is 1. The summed E-state index contributed by atoms with van der Waals surface area (Å²) in [6, 6.07) is 5.14. The van der Waals surface area contributed by atoms with Crippen molar-refractivity contribution in [2.75, 3.05) is 0 Å². The molecule has 0 unspecified atom stereocenters. The summed E-state index contributed by atoms with van der Waals surface area (Å²) in [6.45, 7) is 0. The Balaban J connectivity index is 1.51. The van der Waals surface area contributed by atoms with Crippen LogP contribution in [0.5, 0.6) is 0 Å². The van der Waals surface area contributed by atoms with Crippen LogP contribution in [0.4, 0.5) is 0 Å². The molecule has 0 saturated heterocycles. The maximum absolute atomic E-state index is 12.6. The number of nitrogens with one attached hydrogen (secondary N) is 1. The van der Waals surface area contributed by atoms with E-state index in [0.29, 0.717) is 17.9 Å². The molecular weight excluding hydrogens is 280 g/mol. The number of aliphatic hydroxyl groups excluding tert-OH is 1. The Morgan fingerprint density at radius 1 is 1.32 bits per heavy atom. The van der Waals surface area contributed by atoms with Gasteiger partial charge in [0.05, 0.1) is 29.4 Å². The van der Waals surface area contributed by atoms with Crippen LogP contribution in [0.25, 0.3) is 0 Å². The number of amides is 1. The zero-order chi connectivity index (χ0) is 15.1. The van der Waals surface area contributed by atoms with Gasteiger partial charge >= 0.3 is 0 Å². The fourth-order valence-electron chi connectivity index (χ4n) is 3.11. The highest BCUT2D eigenvalue weighted by atomic mass is 16.3. The maximum atomic E-state index is 12.6. The molecule has 22 heavy (non-hydrogen) atoms. The first-order valence-electron chi connectivity index (χ1n) is 7.67. The molecule has 6 heteroatoms. The fraction of sp³-hybridized carbons (Fsp3) is 0.438. The number of hydrogen-bond donors (Lipinski definition) is 2. The monoisotopic (exact) mass is 298 g/mol. The molecule has 0 aromatic carbocycles. The van der Waals surface area contributed by atoms with Gasteiger partial charge in [0.2, 0.25) is 0 Å². The smallest absolute Gasteiger partial charge is 0.253 e. The van der Waals surface area contributed by atoms with Crippen molar-refractivity contribution < 1.29 is 9.90 Å². The number of carbonyl (C=O) groups excluding carboxylic acids is 1. The van der Waals surface area contributed by atoms with Gasteiger partial charge in [-0.3, -0.25) is 14.5 Å². The molecule has 6 nitrogen and oxygen atoms in total. The van der Waals surface area contributed by atoms with Crippen LogP contribution >= 0.6 is 0 Å². The second-order valence-electron chi connectivity index (χ2n) is 6.07. The van der Waals surface area contributed by atoms with E-state index < -0.39 is 6.10 Å². The van der Waals surface area contributed by atoms with E-state index in [9.17, 15) is 9.90 Å². The molecule has 1 amide bonds. The molecule has 114 valence electrons. The van der Waals surface area contributed by atoms with Crippen molar-refractivity contribution >= 4 is 5.91 Å². The highest BCUT2D eigenvalue weighted by Gasteiger charge is 2.43. The first-order chi connectivity index (χ1) is 10.7. The van der Waals surface area contributed by atoms with E-state index in [1.54, 1.807) is 23.1 Å². The number of rotatable bonds is 4. The zero-order valence-electron chi connectivity index (χ0n) is 12.1. The molecule has 2 saturated carbocycles. The van der Waals surface area contributed by atoms with E-state index in [1.165, 1.54) is 0 Å². The summed E-state index contributed by atoms with van der Waals surface area (Å²) in [5.74, 6) is 0.319. The molecule has 0 radical (unpaired) electrons. The zero-order valence-corrected chi connectivity index (χ0v) is 12.1. The highest BCUT2D eigenvalue weighted by molar-refractivity contribution is 5.95. The van der Waals surface area contributed by atoms with Gasteiger partial charge < -0.3 is 10.4 Å². The van der Waals surface area contributed by atoms with Crippen molar-refractivity contribution in [3.05, 3.63) is 48.0 Å². The van der Waals surface area contributed by atoms with Crippen LogP contribution in [0.15, 0.2) is 36.8 Å². The number of aromatic nitrogens is 3. The molecule has 0 aliphatic heterocycles. The van der Waals surface area contributed by atoms with Gasteiger partial charge in [0.1, 0.15) is 0 Å². The van der Waals surface area contributed by atoms with Gasteiger partial charge in [-0.1, -0.05) is 0 Å². The maximum Gasteiger partial charge on any atom is 0.253 e. The first kappa shape index (κ1) is 13.5. The summed E-state index contributed by atoms with van der Waals surface area (Å²) in [4.78, 5) is 16.9. The number of aliphatic hydroxyl groups is 1. The lowest BCUT2D eigenvalue weighted by atomic mass is 9.83. The summed E-state index contributed by atoms with van der Waals surface area (Å²) in [5.41, 5.74) is 1.56. The standard InChI is InChI=1S/C16H18N4O2/c21-13-9-12(15(13)20-8-2-7-18-20)19-16(22)11-3-1-6-17-14(11)10-4-5-10/h1-3,6-8,10,12-13,15,21H,4-5,9H2,(H,19,22)/t12-,13+,15+/m0/s1. The normalized spacial score (nSPS) is 27.2. The van der Waals surface area contributed by atoms with Crippen molar-refractivity contribution in [1.29, 1.82) is 0 Å². The van der Waals surface area contributed by atoms with Gasteiger partial charge in [-0.15, -0.1) is 0 Å². The Kier molecular flexibility index (Phi) is 3.18. The summed E-state index contributed by atoms with van der Waals surface area (Å²) in [7, 11) is 0. The van der Waals surface area contributed by atoms with Gasteiger partial charge in [0.25, 0.3) is 5.91 Å². The number of carbonyl (C=O) groups is 1. The Labute approximate surface area is 128 Å². The van der Waals surface area contributed by atoms with Crippen LogP contribution < -0.4 is 5.32 Å². The molecular formula is C16H18N4O2. The lowest BCUT2D eigenvalue weighted by Crippen LogP contribution is -2.56. The van der Waals surface area contributed by atoms with Crippen molar-refractivity contribution in [3.8, 4) is 0 Å². The van der Waals surface area contributed by atoms with Gasteiger partial charge in [0, 0.05) is 24.5 Å². The molecule has 2 heterocycles. The van der Waals surface area contributed by atoms with Crippen LogP contribution in [-0.4, -0.2) is 37.9 Å². The largest absolute Gasteiger partial charge is 0.391 e. The average molecular weight is 298 g/mol. The lowest BCUT2D eigenvalue weighted by molar-refractivity contribution is -0.00590. The first-order valence-corrected chi connectivity index (χ1v) is 7.67. The molecule has 0 spiro atoms. The van der Waals surface area contributed by atoms with E-state index >= 15 is 0 Å². The van der Waals surface area contributed by atoms with Crippen LogP contribution in [0.3, 0.4) is 0 Å².